The predicted octanol–water partition coefficient (Wildman–Crippen LogP) is -0.511. The average molecular weight is 188 g/mol. The van der Waals surface area contributed by atoms with Crippen LogP contribution in [0.1, 0.15) is 0 Å². The predicted molar refractivity (Wildman–Crippen MR) is 41.3 cm³/mol. The SMILES string of the molecule is C[N+](C)(C)C.N.O=S(=O)([O-])O. The Morgan fingerprint density at radius 3 is 1.18 bits per heavy atom. The van der Waals surface area contributed by atoms with Gasteiger partial charge in [0.15, 0.2) is 0 Å². The maximum Gasteiger partial charge on any atom is 0.215 e. The van der Waals surface area contributed by atoms with E-state index in [1.54, 1.807) is 0 Å². The van der Waals surface area contributed by atoms with E-state index in [9.17, 15) is 0 Å². The first kappa shape index (κ1) is 17.0. The highest BCUT2D eigenvalue weighted by molar-refractivity contribution is 7.79. The van der Waals surface area contributed by atoms with E-state index in [1.807, 2.05) is 0 Å². The molecule has 11 heavy (non-hydrogen) atoms. The van der Waals surface area contributed by atoms with Gasteiger partial charge in [0.25, 0.3) is 0 Å². The molecule has 0 unspecified atom stereocenters. The van der Waals surface area contributed by atoms with Crippen molar-refractivity contribution in [1.82, 2.24) is 6.15 Å². The Balaban J connectivity index is -0.000000107. The zero-order valence-electron chi connectivity index (χ0n) is 7.23. The lowest BCUT2D eigenvalue weighted by Gasteiger charge is -2.14. The summed E-state index contributed by atoms with van der Waals surface area (Å²) in [5.41, 5.74) is 0. The Bertz CT molecular complexity index is 155. The molecular weight excluding hydrogens is 172 g/mol. The molecule has 0 spiro atoms. The smallest absolute Gasteiger partial charge is 0.215 e. The van der Waals surface area contributed by atoms with Crippen molar-refractivity contribution in [2.45, 2.75) is 0 Å². The van der Waals surface area contributed by atoms with Crippen LogP contribution in [-0.4, -0.2) is 50.2 Å². The van der Waals surface area contributed by atoms with Gasteiger partial charge in [-0.05, 0) is 0 Å². The Kier molecular flexibility index (Phi) is 8.43. The molecule has 72 valence electrons. The Labute approximate surface area is 67.6 Å². The summed E-state index contributed by atoms with van der Waals surface area (Å²) in [5, 5.41) is 0. The first-order chi connectivity index (χ1) is 4.00. The van der Waals surface area contributed by atoms with E-state index in [4.69, 9.17) is 17.5 Å². The van der Waals surface area contributed by atoms with Crippen molar-refractivity contribution >= 4 is 10.4 Å². The molecule has 0 rings (SSSR count). The van der Waals surface area contributed by atoms with Crippen molar-refractivity contribution in [3.63, 3.8) is 0 Å². The molecule has 0 aromatic rings. The van der Waals surface area contributed by atoms with Gasteiger partial charge in [0, 0.05) is 0 Å². The normalized spacial score (nSPS) is 10.7. The summed E-state index contributed by atoms with van der Waals surface area (Å²) in [4.78, 5) is 0. The number of rotatable bonds is 0. The molecule has 0 aliphatic rings. The van der Waals surface area contributed by atoms with Crippen molar-refractivity contribution < 1.29 is 22.0 Å². The van der Waals surface area contributed by atoms with Crippen molar-refractivity contribution in [3.05, 3.63) is 0 Å². The molecule has 7 heteroatoms. The first-order valence-corrected chi connectivity index (χ1v) is 3.84. The van der Waals surface area contributed by atoms with Crippen LogP contribution in [-0.2, 0) is 10.4 Å². The van der Waals surface area contributed by atoms with E-state index in [2.05, 4.69) is 28.2 Å². The first-order valence-electron chi connectivity index (χ1n) is 2.47. The molecule has 0 saturated heterocycles. The number of nitrogens with zero attached hydrogens (tertiary/aromatic N) is 1. The second-order valence-corrected chi connectivity index (χ2v) is 3.97. The minimum atomic E-state index is -4.92. The highest BCUT2D eigenvalue weighted by Crippen LogP contribution is 1.73. The second kappa shape index (κ2) is 5.44. The summed E-state index contributed by atoms with van der Waals surface area (Å²) in [7, 11) is 3.58. The second-order valence-electron chi connectivity index (χ2n) is 3.11. The molecule has 6 nitrogen and oxygen atoms in total. The van der Waals surface area contributed by atoms with Gasteiger partial charge in [-0.15, -0.1) is 0 Å². The molecule has 0 saturated carbocycles. The Morgan fingerprint density at radius 2 is 1.18 bits per heavy atom. The van der Waals surface area contributed by atoms with Gasteiger partial charge in [0.05, 0.1) is 28.2 Å². The fourth-order valence-electron chi connectivity index (χ4n) is 0. The summed E-state index contributed by atoms with van der Waals surface area (Å²) in [6.07, 6.45) is 0. The molecule has 0 bridgehead atoms. The molecule has 0 atom stereocenters. The summed E-state index contributed by atoms with van der Waals surface area (Å²) in [5.74, 6) is 0. The van der Waals surface area contributed by atoms with Gasteiger partial charge in [0.2, 0.25) is 10.4 Å². The molecule has 0 aliphatic carbocycles. The van der Waals surface area contributed by atoms with Crippen LogP contribution in [0.5, 0.6) is 0 Å². The van der Waals surface area contributed by atoms with Crippen LogP contribution in [0.3, 0.4) is 0 Å². The van der Waals surface area contributed by atoms with Gasteiger partial charge >= 0.3 is 0 Å². The van der Waals surface area contributed by atoms with Crippen LogP contribution in [0.4, 0.5) is 0 Å². The molecule has 0 aliphatic heterocycles. The monoisotopic (exact) mass is 188 g/mol. The zero-order valence-corrected chi connectivity index (χ0v) is 8.05. The Morgan fingerprint density at radius 1 is 1.18 bits per heavy atom. The fourth-order valence-corrected chi connectivity index (χ4v) is 0. The largest absolute Gasteiger partial charge is 0.726 e. The van der Waals surface area contributed by atoms with Crippen LogP contribution < -0.4 is 6.15 Å². The lowest BCUT2D eigenvalue weighted by atomic mass is 10.8. The lowest BCUT2D eigenvalue weighted by Crippen LogP contribution is -2.27. The topological polar surface area (TPSA) is 112 Å². The maximum atomic E-state index is 8.63. The minimum absolute atomic E-state index is 0. The Hall–Kier alpha value is -0.210. The van der Waals surface area contributed by atoms with E-state index in [1.165, 1.54) is 0 Å². The van der Waals surface area contributed by atoms with Crippen LogP contribution in [0.2, 0.25) is 0 Å². The third-order valence-electron chi connectivity index (χ3n) is 0. The number of hydrogen-bond donors (Lipinski definition) is 2. The van der Waals surface area contributed by atoms with Gasteiger partial charge in [0.1, 0.15) is 0 Å². The summed E-state index contributed by atoms with van der Waals surface area (Å²) < 4.78 is 33.8. The van der Waals surface area contributed by atoms with E-state index < -0.39 is 10.4 Å². The number of quaternary nitrogens is 1. The summed E-state index contributed by atoms with van der Waals surface area (Å²) in [6.45, 7) is 0. The molecular formula is C4H16N2O4S. The van der Waals surface area contributed by atoms with Crippen LogP contribution in [0.25, 0.3) is 0 Å². The van der Waals surface area contributed by atoms with Crippen molar-refractivity contribution in [3.8, 4) is 0 Å². The van der Waals surface area contributed by atoms with Gasteiger partial charge in [-0.1, -0.05) is 0 Å². The molecule has 0 aromatic carbocycles. The van der Waals surface area contributed by atoms with E-state index >= 15 is 0 Å². The van der Waals surface area contributed by atoms with Crippen LogP contribution in [0.15, 0.2) is 0 Å². The summed E-state index contributed by atoms with van der Waals surface area (Å²) in [6, 6.07) is 0. The van der Waals surface area contributed by atoms with Crippen molar-refractivity contribution in [1.29, 1.82) is 0 Å². The quantitative estimate of drug-likeness (QED) is 0.302. The number of hydrogen-bond acceptors (Lipinski definition) is 4. The minimum Gasteiger partial charge on any atom is -0.726 e. The highest BCUT2D eigenvalue weighted by Gasteiger charge is 1.88. The van der Waals surface area contributed by atoms with Gasteiger partial charge < -0.3 is 15.2 Å². The van der Waals surface area contributed by atoms with Gasteiger partial charge in [-0.2, -0.15) is 0 Å². The molecule has 0 amide bonds. The summed E-state index contributed by atoms with van der Waals surface area (Å²) >= 11 is 0. The molecule has 0 fully saturated rings. The lowest BCUT2D eigenvalue weighted by molar-refractivity contribution is -0.849. The van der Waals surface area contributed by atoms with Crippen molar-refractivity contribution in [2.75, 3.05) is 28.2 Å². The van der Waals surface area contributed by atoms with E-state index in [0.717, 1.165) is 4.48 Å². The van der Waals surface area contributed by atoms with Gasteiger partial charge in [-0.25, -0.2) is 8.42 Å². The molecule has 0 aromatic heterocycles. The zero-order chi connectivity index (χ0) is 9.00. The standard InChI is InChI=1S/C4H12N.H3N.H2O4S/c1-5(2,3)4;;1-5(2,3)4/h1-4H3;1H3;(H2,1,2,3,4)/q+1;;/p-1. The van der Waals surface area contributed by atoms with Crippen molar-refractivity contribution in [2.24, 2.45) is 0 Å². The van der Waals surface area contributed by atoms with E-state index in [-0.39, 0.29) is 6.15 Å². The average Bonchev–Trinajstić information content (AvgIpc) is 1.12. The fraction of sp³-hybridized carbons (Fsp3) is 1.00. The highest BCUT2D eigenvalue weighted by atomic mass is 32.3. The van der Waals surface area contributed by atoms with Crippen LogP contribution in [0, 0.1) is 0 Å². The molecule has 0 radical (unpaired) electrons. The molecule has 4 N–H and O–H groups in total. The third-order valence-corrected chi connectivity index (χ3v) is 0. The van der Waals surface area contributed by atoms with Crippen LogP contribution >= 0.6 is 0 Å². The van der Waals surface area contributed by atoms with E-state index in [0.29, 0.717) is 0 Å². The third kappa shape index (κ3) is 13500. The van der Waals surface area contributed by atoms with Gasteiger partial charge in [-0.3, -0.25) is 4.55 Å². The molecule has 0 heterocycles. The maximum absolute atomic E-state index is 8.63.